The Kier molecular flexibility index (Phi) is 4.20. The molecule has 1 aromatic heterocycles. The second kappa shape index (κ2) is 5.73. The third-order valence-electron chi connectivity index (χ3n) is 3.14. The second-order valence-electron chi connectivity index (χ2n) is 4.90. The molecule has 0 spiro atoms. The van der Waals surface area contributed by atoms with Gasteiger partial charge in [0.05, 0.1) is 4.90 Å². The quantitative estimate of drug-likeness (QED) is 0.942. The number of aromatic nitrogens is 1. The van der Waals surface area contributed by atoms with Gasteiger partial charge in [0.2, 0.25) is 10.0 Å². The van der Waals surface area contributed by atoms with Gasteiger partial charge in [-0.05, 0) is 44.0 Å². The summed E-state index contributed by atoms with van der Waals surface area (Å²) >= 11 is 0. The van der Waals surface area contributed by atoms with Crippen LogP contribution in [0.25, 0.3) is 0 Å². The van der Waals surface area contributed by atoms with Crippen LogP contribution in [0.5, 0.6) is 0 Å². The number of aryl methyl sites for hydroxylation is 2. The van der Waals surface area contributed by atoms with Crippen LogP contribution < -0.4 is 4.72 Å². The van der Waals surface area contributed by atoms with Crippen molar-refractivity contribution in [2.45, 2.75) is 31.7 Å². The van der Waals surface area contributed by atoms with Gasteiger partial charge in [-0.15, -0.1) is 0 Å². The normalized spacial score (nSPS) is 13.2. The van der Waals surface area contributed by atoms with E-state index in [1.54, 1.807) is 44.4 Å². The van der Waals surface area contributed by atoms with Crippen molar-refractivity contribution in [3.63, 3.8) is 0 Å². The van der Waals surface area contributed by atoms with Crippen LogP contribution in [0, 0.1) is 13.8 Å². The third-order valence-corrected chi connectivity index (χ3v) is 4.84. The van der Waals surface area contributed by atoms with Crippen LogP contribution in [0.1, 0.15) is 29.7 Å². The Bertz CT molecular complexity index is 697. The molecule has 0 fully saturated rings. The van der Waals surface area contributed by atoms with Crippen molar-refractivity contribution in [1.82, 2.24) is 9.71 Å². The molecule has 0 aliphatic carbocycles. The van der Waals surface area contributed by atoms with E-state index >= 15 is 0 Å². The Morgan fingerprint density at radius 1 is 1.20 bits per heavy atom. The van der Waals surface area contributed by atoms with Crippen LogP contribution in [0.2, 0.25) is 0 Å². The van der Waals surface area contributed by atoms with E-state index in [0.717, 1.165) is 16.7 Å². The fraction of sp³-hybridized carbons (Fsp3) is 0.267. The number of hydrogen-bond donors (Lipinski definition) is 1. The molecule has 1 atom stereocenters. The Morgan fingerprint density at radius 3 is 2.55 bits per heavy atom. The summed E-state index contributed by atoms with van der Waals surface area (Å²) in [7, 11) is -3.53. The average Bonchev–Trinajstić information content (AvgIpc) is 2.38. The fourth-order valence-electron chi connectivity index (χ4n) is 2.10. The van der Waals surface area contributed by atoms with E-state index in [1.807, 2.05) is 19.1 Å². The molecular weight excluding hydrogens is 272 g/mol. The second-order valence-corrected chi connectivity index (χ2v) is 6.58. The molecule has 0 bridgehead atoms. The largest absolute Gasteiger partial charge is 0.264 e. The lowest BCUT2D eigenvalue weighted by Gasteiger charge is -2.15. The maximum atomic E-state index is 12.4. The molecule has 0 amide bonds. The van der Waals surface area contributed by atoms with Crippen molar-refractivity contribution < 1.29 is 8.42 Å². The predicted molar refractivity (Wildman–Crippen MR) is 78.9 cm³/mol. The van der Waals surface area contributed by atoms with Gasteiger partial charge in [-0.1, -0.05) is 23.8 Å². The van der Waals surface area contributed by atoms with Crippen molar-refractivity contribution in [2.24, 2.45) is 0 Å². The maximum absolute atomic E-state index is 12.4. The minimum atomic E-state index is -3.53. The van der Waals surface area contributed by atoms with Gasteiger partial charge in [0.1, 0.15) is 0 Å². The molecule has 0 saturated carbocycles. The van der Waals surface area contributed by atoms with Gasteiger partial charge < -0.3 is 0 Å². The van der Waals surface area contributed by atoms with E-state index in [9.17, 15) is 8.42 Å². The first-order chi connectivity index (χ1) is 9.40. The van der Waals surface area contributed by atoms with Gasteiger partial charge in [-0.25, -0.2) is 13.1 Å². The molecule has 1 N–H and O–H groups in total. The van der Waals surface area contributed by atoms with E-state index < -0.39 is 10.0 Å². The first-order valence-electron chi connectivity index (χ1n) is 6.39. The molecule has 0 aliphatic heterocycles. The van der Waals surface area contributed by atoms with Gasteiger partial charge in [-0.3, -0.25) is 4.98 Å². The predicted octanol–water partition coefficient (Wildman–Crippen LogP) is 2.74. The topological polar surface area (TPSA) is 59.1 Å². The van der Waals surface area contributed by atoms with E-state index in [0.29, 0.717) is 4.90 Å². The summed E-state index contributed by atoms with van der Waals surface area (Å²) in [4.78, 5) is 4.32. The van der Waals surface area contributed by atoms with Gasteiger partial charge in [0.25, 0.3) is 0 Å². The highest BCUT2D eigenvalue weighted by Gasteiger charge is 2.20. The Labute approximate surface area is 119 Å². The number of nitrogens with zero attached hydrogens (tertiary/aromatic N) is 1. The van der Waals surface area contributed by atoms with Crippen LogP contribution in [0.15, 0.2) is 47.6 Å². The lowest BCUT2D eigenvalue weighted by Crippen LogP contribution is -2.27. The lowest BCUT2D eigenvalue weighted by molar-refractivity contribution is 0.566. The minimum absolute atomic E-state index is 0.318. The molecule has 1 heterocycles. The molecule has 0 saturated heterocycles. The molecule has 1 unspecified atom stereocenters. The van der Waals surface area contributed by atoms with E-state index in [-0.39, 0.29) is 6.04 Å². The standard InChI is InChI=1S/C15H18N2O2S/c1-11-6-7-15(12(2)9-11)20(18,19)17-13(3)14-5-4-8-16-10-14/h4-10,13,17H,1-3H3. The zero-order valence-corrected chi connectivity index (χ0v) is 12.6. The highest BCUT2D eigenvalue weighted by molar-refractivity contribution is 7.89. The van der Waals surface area contributed by atoms with Crippen LogP contribution in [-0.2, 0) is 10.0 Å². The number of benzene rings is 1. The molecule has 4 nitrogen and oxygen atoms in total. The van der Waals surface area contributed by atoms with Gasteiger partial charge >= 0.3 is 0 Å². The third kappa shape index (κ3) is 3.23. The van der Waals surface area contributed by atoms with Crippen molar-refractivity contribution >= 4 is 10.0 Å². The first kappa shape index (κ1) is 14.7. The fourth-order valence-corrected chi connectivity index (χ4v) is 3.56. The van der Waals surface area contributed by atoms with Gasteiger partial charge in [0.15, 0.2) is 0 Å². The summed E-state index contributed by atoms with van der Waals surface area (Å²) in [5.41, 5.74) is 2.62. The molecule has 2 aromatic rings. The van der Waals surface area contributed by atoms with E-state index in [4.69, 9.17) is 0 Å². The zero-order valence-electron chi connectivity index (χ0n) is 11.8. The Balaban J connectivity index is 2.28. The molecule has 2 rings (SSSR count). The summed E-state index contributed by atoms with van der Waals surface area (Å²) in [5, 5.41) is 0. The molecule has 0 aliphatic rings. The number of hydrogen-bond acceptors (Lipinski definition) is 3. The molecular formula is C15H18N2O2S. The Hall–Kier alpha value is -1.72. The van der Waals surface area contributed by atoms with Gasteiger partial charge in [0, 0.05) is 18.4 Å². The summed E-state index contributed by atoms with van der Waals surface area (Å²) in [6, 6.07) is 8.62. The molecule has 1 aromatic carbocycles. The maximum Gasteiger partial charge on any atom is 0.241 e. The van der Waals surface area contributed by atoms with Crippen molar-refractivity contribution in [2.75, 3.05) is 0 Å². The van der Waals surface area contributed by atoms with Crippen LogP contribution >= 0.6 is 0 Å². The molecule has 20 heavy (non-hydrogen) atoms. The van der Waals surface area contributed by atoms with Crippen LogP contribution in [0.4, 0.5) is 0 Å². The van der Waals surface area contributed by atoms with Crippen molar-refractivity contribution in [3.05, 3.63) is 59.4 Å². The number of sulfonamides is 1. The summed E-state index contributed by atoms with van der Waals surface area (Å²) < 4.78 is 27.5. The van der Waals surface area contributed by atoms with E-state index in [2.05, 4.69) is 9.71 Å². The number of pyridine rings is 1. The Morgan fingerprint density at radius 2 is 1.95 bits per heavy atom. The highest BCUT2D eigenvalue weighted by Crippen LogP contribution is 2.19. The monoisotopic (exact) mass is 290 g/mol. The van der Waals surface area contributed by atoms with Crippen molar-refractivity contribution in [1.29, 1.82) is 0 Å². The van der Waals surface area contributed by atoms with E-state index in [1.165, 1.54) is 0 Å². The SMILES string of the molecule is Cc1ccc(S(=O)(=O)NC(C)c2cccnc2)c(C)c1. The van der Waals surface area contributed by atoms with Crippen LogP contribution in [-0.4, -0.2) is 13.4 Å². The lowest BCUT2D eigenvalue weighted by atomic mass is 10.2. The molecule has 5 heteroatoms. The van der Waals surface area contributed by atoms with Gasteiger partial charge in [-0.2, -0.15) is 0 Å². The highest BCUT2D eigenvalue weighted by atomic mass is 32.2. The molecule has 106 valence electrons. The first-order valence-corrected chi connectivity index (χ1v) is 7.88. The summed E-state index contributed by atoms with van der Waals surface area (Å²) in [6.45, 7) is 5.55. The molecule has 0 radical (unpaired) electrons. The zero-order chi connectivity index (χ0) is 14.8. The minimum Gasteiger partial charge on any atom is -0.264 e. The smallest absolute Gasteiger partial charge is 0.241 e. The number of nitrogens with one attached hydrogen (secondary N) is 1. The number of rotatable bonds is 4. The van der Waals surface area contributed by atoms with Crippen LogP contribution in [0.3, 0.4) is 0 Å². The average molecular weight is 290 g/mol. The summed E-state index contributed by atoms with van der Waals surface area (Å²) in [5.74, 6) is 0. The van der Waals surface area contributed by atoms with Crippen molar-refractivity contribution in [3.8, 4) is 0 Å². The summed E-state index contributed by atoms with van der Waals surface area (Å²) in [6.07, 6.45) is 3.32.